The van der Waals surface area contributed by atoms with Crippen LogP contribution in [0.2, 0.25) is 0 Å². The molecule has 1 fully saturated rings. The van der Waals surface area contributed by atoms with E-state index in [0.717, 1.165) is 25.6 Å². The minimum absolute atomic E-state index is 0.721. The van der Waals surface area contributed by atoms with Crippen molar-refractivity contribution >= 4 is 0 Å². The molecule has 15 heavy (non-hydrogen) atoms. The Morgan fingerprint density at radius 3 is 2.87 bits per heavy atom. The minimum atomic E-state index is 0.721. The average Bonchev–Trinajstić information content (AvgIpc) is 2.31. The third kappa shape index (κ3) is 2.80. The van der Waals surface area contributed by atoms with Gasteiger partial charge in [-0.15, -0.1) is 0 Å². The van der Waals surface area contributed by atoms with Gasteiger partial charge in [-0.2, -0.15) is 0 Å². The number of ether oxygens (including phenoxy) is 1. The van der Waals surface area contributed by atoms with Gasteiger partial charge in [0, 0.05) is 7.11 Å². The topological polar surface area (TPSA) is 21.3 Å². The van der Waals surface area contributed by atoms with Crippen LogP contribution in [-0.2, 0) is 11.3 Å². The second kappa shape index (κ2) is 5.29. The third-order valence-corrected chi connectivity index (χ3v) is 3.07. The molecule has 2 nitrogen and oxygen atoms in total. The molecule has 0 bridgehead atoms. The van der Waals surface area contributed by atoms with Crippen molar-refractivity contribution in [3.63, 3.8) is 0 Å². The van der Waals surface area contributed by atoms with Crippen molar-refractivity contribution in [2.45, 2.75) is 25.4 Å². The molecular weight excluding hydrogens is 186 g/mol. The fourth-order valence-electron chi connectivity index (χ4n) is 2.26. The summed E-state index contributed by atoms with van der Waals surface area (Å²) in [5, 5.41) is 3.40. The molecule has 1 N–H and O–H groups in total. The van der Waals surface area contributed by atoms with Gasteiger partial charge in [-0.3, -0.25) is 0 Å². The van der Waals surface area contributed by atoms with Crippen molar-refractivity contribution in [2.24, 2.45) is 0 Å². The molecular formula is C13H19NO. The summed E-state index contributed by atoms with van der Waals surface area (Å²) in [5.41, 5.74) is 2.76. The summed E-state index contributed by atoms with van der Waals surface area (Å²) in [5.74, 6) is 0.739. The van der Waals surface area contributed by atoms with Gasteiger partial charge in [-0.25, -0.2) is 0 Å². The molecule has 0 aromatic heterocycles. The van der Waals surface area contributed by atoms with Crippen LogP contribution in [0.4, 0.5) is 0 Å². The largest absolute Gasteiger partial charge is 0.380 e. The molecule has 0 amide bonds. The van der Waals surface area contributed by atoms with E-state index in [4.69, 9.17) is 4.74 Å². The highest BCUT2D eigenvalue weighted by Gasteiger charge is 2.14. The molecule has 0 radical (unpaired) electrons. The normalized spacial score (nSPS) is 17.9. The van der Waals surface area contributed by atoms with E-state index in [0.29, 0.717) is 0 Å². The van der Waals surface area contributed by atoms with E-state index in [9.17, 15) is 0 Å². The maximum Gasteiger partial charge on any atom is 0.0713 e. The maximum atomic E-state index is 5.16. The van der Waals surface area contributed by atoms with Gasteiger partial charge in [0.2, 0.25) is 0 Å². The zero-order chi connectivity index (χ0) is 10.5. The molecule has 1 aromatic carbocycles. The quantitative estimate of drug-likeness (QED) is 0.817. The molecule has 0 aliphatic carbocycles. The molecule has 2 heteroatoms. The van der Waals surface area contributed by atoms with Crippen LogP contribution in [0.1, 0.15) is 29.9 Å². The lowest BCUT2D eigenvalue weighted by molar-refractivity contribution is 0.185. The number of methoxy groups -OCH3 is 1. The van der Waals surface area contributed by atoms with Crippen LogP contribution in [0, 0.1) is 0 Å². The van der Waals surface area contributed by atoms with Crippen LogP contribution < -0.4 is 5.32 Å². The van der Waals surface area contributed by atoms with E-state index >= 15 is 0 Å². The Morgan fingerprint density at radius 2 is 2.13 bits per heavy atom. The van der Waals surface area contributed by atoms with Gasteiger partial charge in [-0.05, 0) is 43.0 Å². The van der Waals surface area contributed by atoms with E-state index in [2.05, 4.69) is 29.6 Å². The monoisotopic (exact) mass is 205 g/mol. The van der Waals surface area contributed by atoms with E-state index in [1.54, 1.807) is 7.11 Å². The third-order valence-electron chi connectivity index (χ3n) is 3.07. The number of benzene rings is 1. The van der Waals surface area contributed by atoms with Crippen molar-refractivity contribution in [1.82, 2.24) is 5.32 Å². The van der Waals surface area contributed by atoms with Gasteiger partial charge in [0.05, 0.1) is 6.61 Å². The number of nitrogens with one attached hydrogen (secondary N) is 1. The van der Waals surface area contributed by atoms with Crippen molar-refractivity contribution < 1.29 is 4.74 Å². The first kappa shape index (κ1) is 10.7. The standard InChI is InChI=1S/C13H19NO/c1-15-10-11-3-2-4-13(9-11)12-5-7-14-8-6-12/h2-4,9,12,14H,5-8,10H2,1H3. The number of rotatable bonds is 3. The first-order valence-electron chi connectivity index (χ1n) is 5.68. The fraction of sp³-hybridized carbons (Fsp3) is 0.538. The van der Waals surface area contributed by atoms with Crippen molar-refractivity contribution in [3.05, 3.63) is 35.4 Å². The highest BCUT2D eigenvalue weighted by molar-refractivity contribution is 5.26. The van der Waals surface area contributed by atoms with Crippen LogP contribution >= 0.6 is 0 Å². The predicted octanol–water partition coefficient (Wildman–Crippen LogP) is 2.30. The Kier molecular flexibility index (Phi) is 3.75. The second-order valence-corrected chi connectivity index (χ2v) is 4.20. The summed E-state index contributed by atoms with van der Waals surface area (Å²) in [7, 11) is 1.75. The summed E-state index contributed by atoms with van der Waals surface area (Å²) in [6, 6.07) is 8.81. The lowest BCUT2D eigenvalue weighted by atomic mass is 9.89. The van der Waals surface area contributed by atoms with Crippen LogP contribution in [0.5, 0.6) is 0 Å². The van der Waals surface area contributed by atoms with Crippen molar-refractivity contribution in [1.29, 1.82) is 0 Å². The van der Waals surface area contributed by atoms with Gasteiger partial charge >= 0.3 is 0 Å². The zero-order valence-electron chi connectivity index (χ0n) is 9.33. The van der Waals surface area contributed by atoms with Crippen LogP contribution in [0.15, 0.2) is 24.3 Å². The number of hydrogen-bond donors (Lipinski definition) is 1. The van der Waals surface area contributed by atoms with E-state index < -0.39 is 0 Å². The number of hydrogen-bond acceptors (Lipinski definition) is 2. The van der Waals surface area contributed by atoms with Crippen LogP contribution in [0.3, 0.4) is 0 Å². The van der Waals surface area contributed by atoms with Crippen molar-refractivity contribution in [3.8, 4) is 0 Å². The maximum absolute atomic E-state index is 5.16. The first-order chi connectivity index (χ1) is 7.40. The van der Waals surface area contributed by atoms with Gasteiger partial charge in [-0.1, -0.05) is 24.3 Å². The molecule has 1 heterocycles. The lowest BCUT2D eigenvalue weighted by Gasteiger charge is -2.23. The average molecular weight is 205 g/mol. The summed E-state index contributed by atoms with van der Waals surface area (Å²) in [6.07, 6.45) is 2.52. The zero-order valence-corrected chi connectivity index (χ0v) is 9.33. The molecule has 1 aromatic rings. The predicted molar refractivity (Wildman–Crippen MR) is 62.0 cm³/mol. The van der Waals surface area contributed by atoms with E-state index in [1.807, 2.05) is 0 Å². The summed E-state index contributed by atoms with van der Waals surface area (Å²) < 4.78 is 5.16. The highest BCUT2D eigenvalue weighted by Crippen LogP contribution is 2.25. The number of piperidine rings is 1. The molecule has 82 valence electrons. The summed E-state index contributed by atoms with van der Waals surface area (Å²) in [6.45, 7) is 3.02. The Morgan fingerprint density at radius 1 is 1.33 bits per heavy atom. The molecule has 2 rings (SSSR count). The smallest absolute Gasteiger partial charge is 0.0713 e. The molecule has 0 saturated carbocycles. The first-order valence-corrected chi connectivity index (χ1v) is 5.68. The van der Waals surface area contributed by atoms with Gasteiger partial charge < -0.3 is 10.1 Å². The molecule has 0 atom stereocenters. The Labute approximate surface area is 91.6 Å². The van der Waals surface area contributed by atoms with Crippen LogP contribution in [-0.4, -0.2) is 20.2 Å². The molecule has 0 unspecified atom stereocenters. The minimum Gasteiger partial charge on any atom is -0.380 e. The van der Waals surface area contributed by atoms with Crippen molar-refractivity contribution in [2.75, 3.05) is 20.2 Å². The SMILES string of the molecule is COCc1cccc(C2CCNCC2)c1. The molecule has 1 aliphatic heterocycles. The Balaban J connectivity index is 2.09. The summed E-state index contributed by atoms with van der Waals surface area (Å²) >= 11 is 0. The Bertz CT molecular complexity index is 305. The van der Waals surface area contributed by atoms with E-state index in [1.165, 1.54) is 24.0 Å². The molecule has 0 spiro atoms. The lowest BCUT2D eigenvalue weighted by Crippen LogP contribution is -2.26. The molecule has 1 saturated heterocycles. The molecule has 1 aliphatic rings. The second-order valence-electron chi connectivity index (χ2n) is 4.20. The summed E-state index contributed by atoms with van der Waals surface area (Å²) in [4.78, 5) is 0. The van der Waals surface area contributed by atoms with Gasteiger partial charge in [0.25, 0.3) is 0 Å². The Hall–Kier alpha value is -0.860. The highest BCUT2D eigenvalue weighted by atomic mass is 16.5. The van der Waals surface area contributed by atoms with Gasteiger partial charge in [0.1, 0.15) is 0 Å². The fourth-order valence-corrected chi connectivity index (χ4v) is 2.26. The van der Waals surface area contributed by atoms with E-state index in [-0.39, 0.29) is 0 Å². The van der Waals surface area contributed by atoms with Crippen LogP contribution in [0.25, 0.3) is 0 Å². The van der Waals surface area contributed by atoms with Gasteiger partial charge in [0.15, 0.2) is 0 Å².